The lowest BCUT2D eigenvalue weighted by atomic mass is 10.1. The second kappa shape index (κ2) is 8.22. The van der Waals surface area contributed by atoms with Crippen molar-refractivity contribution in [1.82, 2.24) is 0 Å². The Balaban J connectivity index is 2.04. The fourth-order valence-electron chi connectivity index (χ4n) is 2.33. The highest BCUT2D eigenvalue weighted by Gasteiger charge is 2.21. The van der Waals surface area contributed by atoms with Crippen molar-refractivity contribution in [2.45, 2.75) is 26.9 Å². The van der Waals surface area contributed by atoms with Gasteiger partial charge in [0.15, 0.2) is 11.9 Å². The molecule has 0 aromatic heterocycles. The molecule has 8 heteroatoms. The minimum atomic E-state index is -1.10. The van der Waals surface area contributed by atoms with Crippen LogP contribution in [0.25, 0.3) is 0 Å². The van der Waals surface area contributed by atoms with Crippen LogP contribution in [0.1, 0.15) is 40.1 Å². The SMILES string of the molecule is CC(=O)c1cccc(NC(=O)[C@@H](C)OC(=O)c2ccc([N+](=O)[O-])c(C)c2)c1. The molecule has 2 rings (SSSR count). The van der Waals surface area contributed by atoms with Crippen molar-refractivity contribution >= 4 is 29.0 Å². The van der Waals surface area contributed by atoms with E-state index in [0.29, 0.717) is 16.8 Å². The second-order valence-corrected chi connectivity index (χ2v) is 5.93. The van der Waals surface area contributed by atoms with Crippen LogP contribution < -0.4 is 5.32 Å². The largest absolute Gasteiger partial charge is 0.449 e. The molecule has 0 aliphatic rings. The first-order chi connectivity index (χ1) is 12.7. The quantitative estimate of drug-likeness (QED) is 0.361. The summed E-state index contributed by atoms with van der Waals surface area (Å²) in [6.45, 7) is 4.32. The molecule has 0 saturated carbocycles. The van der Waals surface area contributed by atoms with Gasteiger partial charge in [-0.25, -0.2) is 4.79 Å². The zero-order valence-corrected chi connectivity index (χ0v) is 15.0. The predicted octanol–water partition coefficient (Wildman–Crippen LogP) is 3.29. The van der Waals surface area contributed by atoms with Gasteiger partial charge in [-0.1, -0.05) is 12.1 Å². The number of hydrogen-bond acceptors (Lipinski definition) is 6. The standard InChI is InChI=1S/C19H18N2O6/c1-11-9-15(7-8-17(11)21(25)26)19(24)27-13(3)18(23)20-16-6-4-5-14(10-16)12(2)22/h4-10,13H,1-3H3,(H,20,23)/t13-/m1/s1. The number of carbonyl (C=O) groups is 3. The van der Waals surface area contributed by atoms with Crippen molar-refractivity contribution in [2.75, 3.05) is 5.32 Å². The molecule has 0 radical (unpaired) electrons. The smallest absolute Gasteiger partial charge is 0.338 e. The van der Waals surface area contributed by atoms with Gasteiger partial charge in [-0.2, -0.15) is 0 Å². The normalized spacial score (nSPS) is 11.4. The van der Waals surface area contributed by atoms with Crippen LogP contribution in [0.3, 0.4) is 0 Å². The van der Waals surface area contributed by atoms with Gasteiger partial charge >= 0.3 is 5.97 Å². The fourth-order valence-corrected chi connectivity index (χ4v) is 2.33. The van der Waals surface area contributed by atoms with E-state index < -0.39 is 22.9 Å². The van der Waals surface area contributed by atoms with Crippen molar-refractivity contribution in [1.29, 1.82) is 0 Å². The molecule has 140 valence electrons. The lowest BCUT2D eigenvalue weighted by molar-refractivity contribution is -0.385. The first-order valence-electron chi connectivity index (χ1n) is 8.07. The van der Waals surface area contributed by atoms with Crippen molar-refractivity contribution in [3.8, 4) is 0 Å². The summed E-state index contributed by atoms with van der Waals surface area (Å²) in [6, 6.07) is 10.2. The summed E-state index contributed by atoms with van der Waals surface area (Å²) in [4.78, 5) is 46.0. The highest BCUT2D eigenvalue weighted by molar-refractivity contribution is 5.99. The molecule has 1 amide bonds. The van der Waals surface area contributed by atoms with E-state index >= 15 is 0 Å². The summed E-state index contributed by atoms with van der Waals surface area (Å²) < 4.78 is 5.12. The molecule has 0 aliphatic heterocycles. The van der Waals surface area contributed by atoms with Gasteiger partial charge in [0.2, 0.25) is 0 Å². The van der Waals surface area contributed by atoms with E-state index in [0.717, 1.165) is 0 Å². The first-order valence-corrected chi connectivity index (χ1v) is 8.07. The summed E-state index contributed by atoms with van der Waals surface area (Å²) in [5.41, 5.74) is 1.16. The van der Waals surface area contributed by atoms with Gasteiger partial charge in [0.25, 0.3) is 11.6 Å². The Kier molecular flexibility index (Phi) is 6.02. The Hall–Kier alpha value is -3.55. The van der Waals surface area contributed by atoms with Crippen LogP contribution in [0.4, 0.5) is 11.4 Å². The molecular weight excluding hydrogens is 352 g/mol. The van der Waals surface area contributed by atoms with Crippen LogP contribution >= 0.6 is 0 Å². The molecular formula is C19H18N2O6. The molecule has 0 aliphatic carbocycles. The van der Waals surface area contributed by atoms with E-state index in [4.69, 9.17) is 4.74 Å². The minimum Gasteiger partial charge on any atom is -0.449 e. The highest BCUT2D eigenvalue weighted by atomic mass is 16.6. The maximum absolute atomic E-state index is 12.2. The summed E-state index contributed by atoms with van der Waals surface area (Å²) >= 11 is 0. The van der Waals surface area contributed by atoms with Crippen molar-refractivity contribution in [2.24, 2.45) is 0 Å². The lowest BCUT2D eigenvalue weighted by Crippen LogP contribution is -2.30. The summed E-state index contributed by atoms with van der Waals surface area (Å²) in [7, 11) is 0. The minimum absolute atomic E-state index is 0.108. The number of nitro benzene ring substituents is 1. The molecule has 2 aromatic carbocycles. The molecule has 0 heterocycles. The van der Waals surface area contributed by atoms with Crippen molar-refractivity contribution in [3.05, 3.63) is 69.3 Å². The topological polar surface area (TPSA) is 116 Å². The molecule has 2 aromatic rings. The first kappa shape index (κ1) is 19.8. The van der Waals surface area contributed by atoms with Gasteiger partial charge < -0.3 is 10.1 Å². The predicted molar refractivity (Wildman–Crippen MR) is 97.8 cm³/mol. The number of nitrogens with one attached hydrogen (secondary N) is 1. The number of hydrogen-bond donors (Lipinski definition) is 1. The number of amides is 1. The monoisotopic (exact) mass is 370 g/mol. The van der Waals surface area contributed by atoms with Crippen molar-refractivity contribution < 1.29 is 24.0 Å². The van der Waals surface area contributed by atoms with Gasteiger partial charge in [0.1, 0.15) is 0 Å². The number of esters is 1. The number of anilines is 1. The summed E-state index contributed by atoms with van der Waals surface area (Å²) in [6.07, 6.45) is -1.10. The van der Waals surface area contributed by atoms with E-state index in [2.05, 4.69) is 5.32 Å². The lowest BCUT2D eigenvalue weighted by Gasteiger charge is -2.14. The number of ether oxygens (including phenoxy) is 1. The van der Waals surface area contributed by atoms with Gasteiger partial charge in [-0.15, -0.1) is 0 Å². The molecule has 0 spiro atoms. The number of carbonyl (C=O) groups excluding carboxylic acids is 3. The van der Waals surface area contributed by atoms with Gasteiger partial charge in [-0.05, 0) is 45.0 Å². The molecule has 0 fully saturated rings. The van der Waals surface area contributed by atoms with Crippen LogP contribution in [0, 0.1) is 17.0 Å². The molecule has 1 N–H and O–H groups in total. The average Bonchev–Trinajstić information content (AvgIpc) is 2.61. The van der Waals surface area contributed by atoms with E-state index in [1.807, 2.05) is 0 Å². The number of nitro groups is 1. The number of rotatable bonds is 6. The van der Waals surface area contributed by atoms with Crippen LogP contribution in [0.2, 0.25) is 0 Å². The Bertz CT molecular complexity index is 922. The molecule has 27 heavy (non-hydrogen) atoms. The molecule has 8 nitrogen and oxygen atoms in total. The zero-order valence-electron chi connectivity index (χ0n) is 15.0. The van der Waals surface area contributed by atoms with Crippen LogP contribution in [0.15, 0.2) is 42.5 Å². The second-order valence-electron chi connectivity index (χ2n) is 5.93. The summed E-state index contributed by atoms with van der Waals surface area (Å²) in [5.74, 6) is -1.48. The van der Waals surface area contributed by atoms with Crippen LogP contribution in [0.5, 0.6) is 0 Å². The number of nitrogens with zero attached hydrogens (tertiary/aromatic N) is 1. The van der Waals surface area contributed by atoms with Crippen LogP contribution in [-0.2, 0) is 9.53 Å². The Labute approximate surface area is 155 Å². The third kappa shape index (κ3) is 4.97. The number of benzene rings is 2. The Morgan fingerprint density at radius 3 is 2.41 bits per heavy atom. The molecule has 0 bridgehead atoms. The molecule has 0 saturated heterocycles. The van der Waals surface area contributed by atoms with Gasteiger partial charge in [-0.3, -0.25) is 19.7 Å². The maximum Gasteiger partial charge on any atom is 0.338 e. The third-order valence-electron chi connectivity index (χ3n) is 3.82. The third-order valence-corrected chi connectivity index (χ3v) is 3.82. The fraction of sp³-hybridized carbons (Fsp3) is 0.211. The Morgan fingerprint density at radius 2 is 1.81 bits per heavy atom. The summed E-state index contributed by atoms with van der Waals surface area (Å²) in [5, 5.41) is 13.4. The maximum atomic E-state index is 12.2. The van der Waals surface area contributed by atoms with Gasteiger partial charge in [0, 0.05) is 22.9 Å². The van der Waals surface area contributed by atoms with E-state index in [1.165, 1.54) is 45.0 Å². The van der Waals surface area contributed by atoms with Gasteiger partial charge in [0.05, 0.1) is 10.5 Å². The molecule has 1 atom stereocenters. The average molecular weight is 370 g/mol. The van der Waals surface area contributed by atoms with E-state index in [1.54, 1.807) is 18.2 Å². The van der Waals surface area contributed by atoms with E-state index in [-0.39, 0.29) is 17.0 Å². The highest BCUT2D eigenvalue weighted by Crippen LogP contribution is 2.20. The van der Waals surface area contributed by atoms with E-state index in [9.17, 15) is 24.5 Å². The number of aryl methyl sites for hydroxylation is 1. The zero-order chi connectivity index (χ0) is 20.1. The Morgan fingerprint density at radius 1 is 1.11 bits per heavy atom. The number of Topliss-reactive ketones (excluding diaryl/α,β-unsaturated/α-hetero) is 1. The van der Waals surface area contributed by atoms with Crippen molar-refractivity contribution in [3.63, 3.8) is 0 Å². The number of ketones is 1. The van der Waals surface area contributed by atoms with Crippen LogP contribution in [-0.4, -0.2) is 28.7 Å². The molecule has 0 unspecified atom stereocenters.